The standard InChI is InChI=1S/C42H45N3O6S/c1-6-42(5)35(25-27(2)41(42,3)4)30-17-15-29(16-18-30)34(26-28-11-13-31(14-12-28)38(46)43-23-24-52(48,49)50)39(47)44-33-21-19-32(20-22-33)40-45-36-9-7-8-10-37(36)51-40/h7-22,25,27,34H,6,23-24,26H2,1-5H3,(H,43,46)(H,44,47)(H,48,49,50)/t27?,34-,42?/m0/s1. The number of aromatic nitrogens is 1. The normalized spacial score (nSPS) is 18.9. The Bertz CT molecular complexity index is 2190. The van der Waals surface area contributed by atoms with E-state index in [9.17, 15) is 18.0 Å². The van der Waals surface area contributed by atoms with E-state index in [0.717, 1.165) is 34.2 Å². The van der Waals surface area contributed by atoms with Crippen LogP contribution in [-0.4, -0.2) is 42.1 Å². The van der Waals surface area contributed by atoms with Crippen molar-refractivity contribution in [3.8, 4) is 11.5 Å². The van der Waals surface area contributed by atoms with Crippen LogP contribution in [0.2, 0.25) is 0 Å². The second kappa shape index (κ2) is 14.5. The predicted molar refractivity (Wildman–Crippen MR) is 205 cm³/mol. The molecular weight excluding hydrogens is 675 g/mol. The molecule has 2 amide bonds. The molecule has 0 bridgehead atoms. The first kappa shape index (κ1) is 36.7. The fourth-order valence-electron chi connectivity index (χ4n) is 7.15. The van der Waals surface area contributed by atoms with E-state index in [2.05, 4.69) is 68.4 Å². The third-order valence-corrected chi connectivity index (χ3v) is 11.9. The molecule has 0 radical (unpaired) electrons. The number of hydrogen-bond donors (Lipinski definition) is 3. The first-order valence-corrected chi connectivity index (χ1v) is 19.2. The Morgan fingerprint density at radius 1 is 0.904 bits per heavy atom. The van der Waals surface area contributed by atoms with Crippen LogP contribution in [0.25, 0.3) is 28.1 Å². The highest BCUT2D eigenvalue weighted by molar-refractivity contribution is 7.85. The van der Waals surface area contributed by atoms with Gasteiger partial charge in [-0.2, -0.15) is 8.42 Å². The highest BCUT2D eigenvalue weighted by Gasteiger charge is 2.50. The molecule has 6 rings (SSSR count). The van der Waals surface area contributed by atoms with Crippen molar-refractivity contribution in [3.05, 3.63) is 125 Å². The van der Waals surface area contributed by atoms with Crippen LogP contribution in [0, 0.1) is 16.7 Å². The first-order valence-electron chi connectivity index (χ1n) is 17.6. The number of amides is 2. The van der Waals surface area contributed by atoms with Crippen molar-refractivity contribution in [2.75, 3.05) is 17.6 Å². The van der Waals surface area contributed by atoms with Crippen molar-refractivity contribution >= 4 is 44.3 Å². The van der Waals surface area contributed by atoms with E-state index < -0.39 is 27.7 Å². The van der Waals surface area contributed by atoms with E-state index in [1.807, 2.05) is 60.7 Å². The van der Waals surface area contributed by atoms with Crippen LogP contribution in [0.1, 0.15) is 74.0 Å². The quantitative estimate of drug-likeness (QED) is 0.110. The Kier molecular flexibility index (Phi) is 10.3. The molecule has 5 aromatic rings. The molecule has 0 saturated heterocycles. The largest absolute Gasteiger partial charge is 0.436 e. The van der Waals surface area contributed by atoms with Crippen LogP contribution in [0.5, 0.6) is 0 Å². The maximum Gasteiger partial charge on any atom is 0.266 e. The van der Waals surface area contributed by atoms with Gasteiger partial charge in [-0.15, -0.1) is 0 Å². The summed E-state index contributed by atoms with van der Waals surface area (Å²) in [6, 6.07) is 30.2. The Balaban J connectivity index is 1.24. The van der Waals surface area contributed by atoms with Gasteiger partial charge in [0.1, 0.15) is 5.52 Å². The lowest BCUT2D eigenvalue weighted by molar-refractivity contribution is -0.117. The Labute approximate surface area is 305 Å². The molecule has 9 nitrogen and oxygen atoms in total. The molecule has 1 aliphatic carbocycles. The van der Waals surface area contributed by atoms with Gasteiger partial charge in [0.15, 0.2) is 5.58 Å². The van der Waals surface area contributed by atoms with E-state index in [1.54, 1.807) is 24.3 Å². The summed E-state index contributed by atoms with van der Waals surface area (Å²) in [7, 11) is -4.19. The number of carbonyl (C=O) groups is 2. The highest BCUT2D eigenvalue weighted by Crippen LogP contribution is 2.60. The van der Waals surface area contributed by atoms with Crippen molar-refractivity contribution in [1.82, 2.24) is 10.3 Å². The van der Waals surface area contributed by atoms with Gasteiger partial charge in [0.05, 0.1) is 11.7 Å². The number of rotatable bonds is 12. The van der Waals surface area contributed by atoms with Crippen molar-refractivity contribution in [3.63, 3.8) is 0 Å². The average Bonchev–Trinajstić information content (AvgIpc) is 3.64. The first-order chi connectivity index (χ1) is 24.7. The zero-order valence-electron chi connectivity index (χ0n) is 30.1. The van der Waals surface area contributed by atoms with Gasteiger partial charge in [-0.3, -0.25) is 14.1 Å². The summed E-state index contributed by atoms with van der Waals surface area (Å²) in [4.78, 5) is 31.2. The number of allylic oxidation sites excluding steroid dienone is 2. The summed E-state index contributed by atoms with van der Waals surface area (Å²) in [5.41, 5.74) is 7.56. The van der Waals surface area contributed by atoms with E-state index in [0.29, 0.717) is 35.1 Å². The van der Waals surface area contributed by atoms with Gasteiger partial charge in [0, 0.05) is 23.4 Å². The molecule has 0 saturated carbocycles. The van der Waals surface area contributed by atoms with Crippen molar-refractivity contribution in [2.45, 2.75) is 53.4 Å². The number of oxazole rings is 1. The minimum absolute atomic E-state index is 0.00908. The Morgan fingerprint density at radius 3 is 2.19 bits per heavy atom. The molecule has 4 aromatic carbocycles. The molecule has 1 aromatic heterocycles. The molecule has 270 valence electrons. The molecule has 3 N–H and O–H groups in total. The molecule has 3 atom stereocenters. The second-order valence-corrected chi connectivity index (χ2v) is 16.0. The highest BCUT2D eigenvalue weighted by atomic mass is 32.2. The number of carbonyl (C=O) groups excluding carboxylic acids is 2. The van der Waals surface area contributed by atoms with Gasteiger partial charge < -0.3 is 15.1 Å². The van der Waals surface area contributed by atoms with Gasteiger partial charge in [0.25, 0.3) is 16.0 Å². The third-order valence-electron chi connectivity index (χ3n) is 11.2. The summed E-state index contributed by atoms with van der Waals surface area (Å²) in [5.74, 6) is -0.834. The number of para-hydroxylation sites is 2. The van der Waals surface area contributed by atoms with Crippen LogP contribution in [0.4, 0.5) is 5.69 Å². The topological polar surface area (TPSA) is 139 Å². The molecule has 10 heteroatoms. The summed E-state index contributed by atoms with van der Waals surface area (Å²) >= 11 is 0. The maximum absolute atomic E-state index is 14.1. The van der Waals surface area contributed by atoms with Gasteiger partial charge in [-0.1, -0.05) is 89.2 Å². The number of fused-ring (bicyclic) bond motifs is 1. The van der Waals surface area contributed by atoms with Gasteiger partial charge >= 0.3 is 0 Å². The molecular formula is C42H45N3O6S. The van der Waals surface area contributed by atoms with E-state index in [1.165, 1.54) is 5.57 Å². The lowest BCUT2D eigenvalue weighted by Crippen LogP contribution is -2.35. The smallest absolute Gasteiger partial charge is 0.266 e. The van der Waals surface area contributed by atoms with Crippen LogP contribution >= 0.6 is 0 Å². The van der Waals surface area contributed by atoms with E-state index >= 15 is 0 Å². The lowest BCUT2D eigenvalue weighted by Gasteiger charge is -2.43. The summed E-state index contributed by atoms with van der Waals surface area (Å²) < 4.78 is 36.9. The molecule has 1 aliphatic rings. The van der Waals surface area contributed by atoms with E-state index in [-0.39, 0.29) is 23.3 Å². The Morgan fingerprint density at radius 2 is 1.56 bits per heavy atom. The second-order valence-electron chi connectivity index (χ2n) is 14.4. The SMILES string of the molecule is CCC1(C)C(c2ccc([C@H](Cc3ccc(C(=O)NCCS(=O)(=O)O)cc3)C(=O)Nc3ccc(-c4nc5ccccc5o4)cc3)cc2)=CC(C)C1(C)C. The van der Waals surface area contributed by atoms with Crippen LogP contribution in [-0.2, 0) is 21.3 Å². The van der Waals surface area contributed by atoms with Crippen molar-refractivity contribution < 1.29 is 27.0 Å². The van der Waals surface area contributed by atoms with Gasteiger partial charge in [-0.25, -0.2) is 4.98 Å². The van der Waals surface area contributed by atoms with Crippen LogP contribution < -0.4 is 10.6 Å². The minimum Gasteiger partial charge on any atom is -0.436 e. The lowest BCUT2D eigenvalue weighted by atomic mass is 9.61. The number of nitrogens with zero attached hydrogens (tertiary/aromatic N) is 1. The van der Waals surface area contributed by atoms with Crippen molar-refractivity contribution in [1.29, 1.82) is 0 Å². The molecule has 52 heavy (non-hydrogen) atoms. The number of nitrogens with one attached hydrogen (secondary N) is 2. The van der Waals surface area contributed by atoms with Gasteiger partial charge in [-0.05, 0) is 100 Å². The molecule has 0 aliphatic heterocycles. The number of benzene rings is 4. The Hall–Kier alpha value is -5.06. The summed E-state index contributed by atoms with van der Waals surface area (Å²) in [6.07, 6.45) is 3.78. The maximum atomic E-state index is 14.1. The van der Waals surface area contributed by atoms with Crippen LogP contribution in [0.15, 0.2) is 108 Å². The molecule has 1 heterocycles. The zero-order valence-corrected chi connectivity index (χ0v) is 31.0. The van der Waals surface area contributed by atoms with Crippen LogP contribution in [0.3, 0.4) is 0 Å². The molecule has 0 fully saturated rings. The zero-order chi connectivity index (χ0) is 37.3. The summed E-state index contributed by atoms with van der Waals surface area (Å²) in [6.45, 7) is 11.3. The summed E-state index contributed by atoms with van der Waals surface area (Å²) in [5, 5.41) is 5.60. The molecule has 2 unspecified atom stereocenters. The number of anilines is 1. The van der Waals surface area contributed by atoms with Crippen molar-refractivity contribution in [2.24, 2.45) is 16.7 Å². The van der Waals surface area contributed by atoms with E-state index in [4.69, 9.17) is 8.97 Å². The number of hydrogen-bond acceptors (Lipinski definition) is 6. The predicted octanol–water partition coefficient (Wildman–Crippen LogP) is 8.55. The minimum atomic E-state index is -4.19. The fourth-order valence-corrected chi connectivity index (χ4v) is 7.51. The fraction of sp³-hybridized carbons (Fsp3) is 0.310. The monoisotopic (exact) mass is 719 g/mol. The molecule has 0 spiro atoms. The average molecular weight is 720 g/mol. The van der Waals surface area contributed by atoms with Gasteiger partial charge in [0.2, 0.25) is 11.8 Å². The third kappa shape index (κ3) is 7.59.